The van der Waals surface area contributed by atoms with E-state index in [0.717, 1.165) is 165 Å². The first-order valence-corrected chi connectivity index (χ1v) is 39.1. The largest absolute Gasteiger partial charge is 3.00 e. The first kappa shape index (κ1) is 69.3. The van der Waals surface area contributed by atoms with Crippen molar-refractivity contribution < 1.29 is 36.9 Å². The van der Waals surface area contributed by atoms with Crippen LogP contribution in [0.3, 0.4) is 0 Å². The fourth-order valence-corrected chi connectivity index (χ4v) is 17.0. The molecule has 24 nitrogen and oxygen atoms in total. The number of aromatic nitrogens is 9. The molecule has 6 aliphatic rings. The van der Waals surface area contributed by atoms with Gasteiger partial charge in [0, 0.05) is 133 Å². The van der Waals surface area contributed by atoms with E-state index >= 15 is 0 Å². The second kappa shape index (κ2) is 27.6. The van der Waals surface area contributed by atoms with Crippen molar-refractivity contribution in [1.82, 2.24) is 44.9 Å². The number of hydrogen-bond acceptors (Lipinski definition) is 12. The zero-order valence-corrected chi connectivity index (χ0v) is 64.8. The molecule has 15 heterocycles. The number of nitrogens with zero attached hydrogens (tertiary/aromatic N) is 15. The van der Waals surface area contributed by atoms with Gasteiger partial charge < -0.3 is 60.8 Å². The van der Waals surface area contributed by atoms with E-state index in [1.807, 2.05) is 218 Å². The van der Waals surface area contributed by atoms with Crippen molar-refractivity contribution in [3.05, 3.63) is 373 Å². The molecule has 0 fully saturated rings. The van der Waals surface area contributed by atoms with Gasteiger partial charge >= 0.3 is 36.9 Å². The Bertz CT molecular complexity index is 7900. The summed E-state index contributed by atoms with van der Waals surface area (Å²) in [6.45, 7) is 0. The van der Waals surface area contributed by atoms with Gasteiger partial charge in [0.05, 0.1) is 34.9 Å². The summed E-state index contributed by atoms with van der Waals surface area (Å²) in [5.74, 6) is 12.2. The molecule has 0 amide bonds. The van der Waals surface area contributed by atoms with Gasteiger partial charge in [-0.1, -0.05) is 291 Å². The van der Waals surface area contributed by atoms with Crippen molar-refractivity contribution in [2.75, 3.05) is 0 Å². The van der Waals surface area contributed by atoms with Crippen LogP contribution in [0.25, 0.3) is 113 Å². The molecule has 27 rings (SSSR count). The second-order valence-corrected chi connectivity index (χ2v) is 29.6. The molecule has 121 heavy (non-hydrogen) atoms. The number of rotatable bonds is 0. The van der Waals surface area contributed by atoms with Gasteiger partial charge in [-0.2, -0.15) is 0 Å². The zero-order valence-electron chi connectivity index (χ0n) is 63.2. The fraction of sp³-hybridized carbons (Fsp3) is 0. The standard InChI is InChI=1S/3C32H19N8.Lu/c3*1-2-10-18-17(9-1)25-33-26(18)38-28-21-13-5-6-14-22(21)30(35-28)40-32-24-16-8-7-15-23(24)31(36-32)39-29-20-12-4-3-11-19(20)27(34-29)37-25;/h3*1-16,33-34H,(H,35,36,38,39,40);/q3*-1;+3. The van der Waals surface area contributed by atoms with Gasteiger partial charge in [-0.3, -0.25) is 0 Å². The molecule has 6 aliphatic heterocycles. The van der Waals surface area contributed by atoms with Gasteiger partial charge in [-0.25, -0.2) is 59.9 Å². The molecular formula is C96H57LuN24. The van der Waals surface area contributed by atoms with Crippen LogP contribution in [0.4, 0.5) is 69.8 Å². The molecule has 0 radical (unpaired) electrons. The van der Waals surface area contributed by atoms with Gasteiger partial charge in [0.2, 0.25) is 0 Å². The van der Waals surface area contributed by atoms with Crippen molar-refractivity contribution in [1.29, 1.82) is 0 Å². The molecular weight excluding hydrogens is 1660 g/mol. The Morgan fingerprint density at radius 3 is 0.488 bits per heavy atom. The minimum atomic E-state index is 0. The van der Waals surface area contributed by atoms with Crippen LogP contribution in [0, 0.1) is 36.9 Å². The van der Waals surface area contributed by atoms with E-state index in [-0.39, 0.29) is 36.9 Å². The van der Waals surface area contributed by atoms with Crippen LogP contribution >= 0.6 is 0 Å². The summed E-state index contributed by atoms with van der Waals surface area (Å²) in [5, 5.41) is 32.8. The number of aliphatic imine (C=N–C) groups is 6. The van der Waals surface area contributed by atoms with Gasteiger partial charge in [0.15, 0.2) is 35.0 Å². The van der Waals surface area contributed by atoms with Crippen LogP contribution < -0.4 is 32.9 Å². The Labute approximate surface area is 711 Å². The third-order valence-electron chi connectivity index (χ3n) is 22.6. The minimum absolute atomic E-state index is 0. The predicted octanol–water partition coefficient (Wildman–Crippen LogP) is 20.7. The monoisotopic (exact) mass is 1720 g/mol. The Kier molecular flexibility index (Phi) is 15.8. The summed E-state index contributed by atoms with van der Waals surface area (Å²) in [6.07, 6.45) is 0. The number of nitrogens with one attached hydrogen (secondary N) is 9. The smallest absolute Gasteiger partial charge is 0.398 e. The molecule has 0 spiro atoms. The number of fused-ring (bicyclic) bond motifs is 57. The van der Waals surface area contributed by atoms with E-state index in [1.54, 1.807) is 0 Å². The summed E-state index contributed by atoms with van der Waals surface area (Å²) >= 11 is 0. The molecule has 0 saturated carbocycles. The van der Waals surface area contributed by atoms with Crippen molar-refractivity contribution in [3.63, 3.8) is 0 Å². The topological polar surface area (TPSA) is 333 Å². The second-order valence-electron chi connectivity index (χ2n) is 29.6. The minimum Gasteiger partial charge on any atom is -0.398 e. The van der Waals surface area contributed by atoms with Crippen molar-refractivity contribution in [2.24, 2.45) is 59.9 Å². The normalized spacial score (nSPS) is 14.6. The Morgan fingerprint density at radius 2 is 0.289 bits per heavy atom. The summed E-state index contributed by atoms with van der Waals surface area (Å²) in [5.41, 5.74) is 9.84. The molecule has 0 unspecified atom stereocenters. The average Bonchev–Trinajstić information content (AvgIpc) is 1.61. The molecule has 576 valence electrons. The predicted molar refractivity (Wildman–Crippen MR) is 476 cm³/mol. The molecule has 21 aromatic rings. The number of H-pyrrole nitrogens is 9. The van der Waals surface area contributed by atoms with Crippen LogP contribution in [0.2, 0.25) is 0 Å². The molecule has 9 N–H and O–H groups in total. The maximum atomic E-state index is 5.07. The summed E-state index contributed by atoms with van der Waals surface area (Å²) in [6, 6.07) is 97.3. The van der Waals surface area contributed by atoms with E-state index in [0.29, 0.717) is 103 Å². The van der Waals surface area contributed by atoms with E-state index in [1.165, 1.54) is 0 Å². The Morgan fingerprint density at radius 1 is 0.140 bits per heavy atom. The Hall–Kier alpha value is -16.0. The van der Waals surface area contributed by atoms with Crippen molar-refractivity contribution >= 4 is 202 Å². The molecule has 12 aromatic carbocycles. The molecule has 25 heteroatoms. The quantitative estimate of drug-likeness (QED) is 0.0684. The number of hydrogen-bond donors (Lipinski definition) is 9. The van der Waals surface area contributed by atoms with Crippen LogP contribution in [-0.2, 0) is 0 Å². The number of amidine groups is 6. The molecule has 9 aromatic heterocycles. The van der Waals surface area contributed by atoms with Crippen molar-refractivity contribution in [2.45, 2.75) is 0 Å². The van der Waals surface area contributed by atoms with E-state index in [4.69, 9.17) is 75.9 Å². The molecule has 0 saturated heterocycles. The average molecular weight is 1720 g/mol. The maximum absolute atomic E-state index is 5.07. The number of benzene rings is 12. The SMILES string of the molecule is [Lu+3].c1ccc2c(c1)C1=NC2=Nc2[nH]c(c3ccccc23)[N-]c2[nH]c(c3ccccc23)/N=c2\[nH]c(c3ccccc23)=N1.c1ccc2c(c1)C1=NC2=Nc2[nH]c(c3ccccc23)[N-]c2[nH]c(c3ccccc23)/N=c2\[nH]c(c3ccccc23)=N1.c1ccc2c(c1)C1=NC2=Nc2[nH]c(c3ccccc23)[N-]c2[nH]c(c3ccccc23)/N=c2\[nH]c(c3ccccc23)=N1. The third kappa shape index (κ3) is 11.4. The Balaban J connectivity index is 0.000000102. The number of aromatic amines is 9. The van der Waals surface area contributed by atoms with Gasteiger partial charge in [-0.05, 0) is 32.3 Å². The van der Waals surface area contributed by atoms with E-state index in [9.17, 15) is 0 Å². The molecule has 0 aliphatic carbocycles. The fourth-order valence-electron chi connectivity index (χ4n) is 17.0. The van der Waals surface area contributed by atoms with E-state index < -0.39 is 0 Å². The molecule has 0 atom stereocenters. The maximum Gasteiger partial charge on any atom is 3.00 e. The van der Waals surface area contributed by atoms with Crippen LogP contribution in [0.1, 0.15) is 33.4 Å². The van der Waals surface area contributed by atoms with Crippen LogP contribution in [-0.4, -0.2) is 79.9 Å². The summed E-state index contributed by atoms with van der Waals surface area (Å²) in [4.78, 5) is 91.3. The zero-order chi connectivity index (χ0) is 78.6. The van der Waals surface area contributed by atoms with Gasteiger partial charge in [0.25, 0.3) is 0 Å². The van der Waals surface area contributed by atoms with E-state index in [2.05, 4.69) is 118 Å². The third-order valence-corrected chi connectivity index (χ3v) is 22.6. The van der Waals surface area contributed by atoms with Crippen molar-refractivity contribution in [3.8, 4) is 0 Å². The first-order chi connectivity index (χ1) is 59.4. The van der Waals surface area contributed by atoms with Crippen LogP contribution in [0.5, 0.6) is 0 Å². The summed E-state index contributed by atoms with van der Waals surface area (Å²) in [7, 11) is 0. The van der Waals surface area contributed by atoms with Gasteiger partial charge in [0.1, 0.15) is 32.9 Å². The molecule has 24 bridgehead atoms. The summed E-state index contributed by atoms with van der Waals surface area (Å²) < 4.78 is 0. The van der Waals surface area contributed by atoms with Gasteiger partial charge in [-0.15, -0.1) is 0 Å². The first-order valence-electron chi connectivity index (χ1n) is 39.1. The van der Waals surface area contributed by atoms with Crippen LogP contribution in [0.15, 0.2) is 351 Å².